The molecule has 0 amide bonds. The van der Waals surface area contributed by atoms with Gasteiger partial charge in [0.25, 0.3) is 0 Å². The Morgan fingerprint density at radius 2 is 1.85 bits per heavy atom. The van der Waals surface area contributed by atoms with Crippen LogP contribution in [0.3, 0.4) is 0 Å². The second kappa shape index (κ2) is 4.19. The van der Waals surface area contributed by atoms with Gasteiger partial charge in [0.15, 0.2) is 5.78 Å². The van der Waals surface area contributed by atoms with Crippen LogP contribution in [0.25, 0.3) is 0 Å². The highest BCUT2D eigenvalue weighted by Gasteiger charge is 2.23. The fraction of sp³-hybridized carbons (Fsp3) is 0.875. The molecule has 0 aliphatic rings. The van der Waals surface area contributed by atoms with Crippen molar-refractivity contribution in [2.45, 2.75) is 32.7 Å². The van der Waals surface area contributed by atoms with Crippen molar-refractivity contribution in [3.05, 3.63) is 0 Å². The van der Waals surface area contributed by atoms with E-state index in [1.54, 1.807) is 20.8 Å². The molecule has 0 saturated carbocycles. The van der Waals surface area contributed by atoms with Gasteiger partial charge in [-0.2, -0.15) is 0 Å². The van der Waals surface area contributed by atoms with Gasteiger partial charge in [-0.25, -0.2) is 8.42 Å². The molecule has 0 fully saturated rings. The second-order valence-corrected chi connectivity index (χ2v) is 6.10. The summed E-state index contributed by atoms with van der Waals surface area (Å²) in [6.07, 6.45) is 0.0136. The molecule has 0 atom stereocenters. The summed E-state index contributed by atoms with van der Waals surface area (Å²) < 4.78 is 22.1. The minimum Gasteiger partial charge on any atom is -0.319 e. The van der Waals surface area contributed by atoms with Gasteiger partial charge >= 0.3 is 0 Å². The molecule has 0 spiro atoms. The van der Waals surface area contributed by atoms with E-state index >= 15 is 0 Å². The number of hydrogen-bond acceptors (Lipinski definition) is 4. The van der Waals surface area contributed by atoms with Crippen LogP contribution in [0.4, 0.5) is 0 Å². The number of Topliss-reactive ketones (excluding diaryl/α,β-unsaturated/α-hetero) is 1. The van der Waals surface area contributed by atoms with Crippen LogP contribution in [0.15, 0.2) is 0 Å². The van der Waals surface area contributed by atoms with Gasteiger partial charge in [-0.15, -0.1) is 0 Å². The lowest BCUT2D eigenvalue weighted by Gasteiger charge is -2.16. The molecule has 0 aliphatic carbocycles. The number of sulfone groups is 1. The first-order chi connectivity index (χ1) is 5.69. The molecule has 0 rings (SSSR count). The zero-order chi connectivity index (χ0) is 10.7. The van der Waals surface area contributed by atoms with Crippen molar-refractivity contribution in [1.29, 1.82) is 0 Å². The van der Waals surface area contributed by atoms with Gasteiger partial charge in [0.1, 0.15) is 9.84 Å². The third-order valence-corrected chi connectivity index (χ3v) is 3.50. The number of hydrogen-bond donors (Lipinski definition) is 1. The van der Waals surface area contributed by atoms with Gasteiger partial charge in [0.2, 0.25) is 0 Å². The summed E-state index contributed by atoms with van der Waals surface area (Å²) in [6.45, 7) is 4.72. The van der Waals surface area contributed by atoms with Gasteiger partial charge < -0.3 is 5.73 Å². The first-order valence-corrected chi connectivity index (χ1v) is 6.04. The summed E-state index contributed by atoms with van der Waals surface area (Å²) >= 11 is 0. The van der Waals surface area contributed by atoms with Crippen molar-refractivity contribution in [1.82, 2.24) is 0 Å². The summed E-state index contributed by atoms with van der Waals surface area (Å²) in [5, 5.41) is 0. The van der Waals surface area contributed by atoms with Crippen LogP contribution in [0.2, 0.25) is 0 Å². The SMILES string of the molecule is CCS(=O)(=O)CCC(=O)C(C)(C)N. The quantitative estimate of drug-likeness (QED) is 0.694. The molecule has 78 valence electrons. The molecule has 0 heterocycles. The van der Waals surface area contributed by atoms with E-state index < -0.39 is 15.4 Å². The highest BCUT2D eigenvalue weighted by atomic mass is 32.2. The molecule has 13 heavy (non-hydrogen) atoms. The first-order valence-electron chi connectivity index (χ1n) is 4.21. The summed E-state index contributed by atoms with van der Waals surface area (Å²) in [5.41, 5.74) is 4.58. The van der Waals surface area contributed by atoms with E-state index in [1.165, 1.54) is 0 Å². The number of rotatable bonds is 5. The van der Waals surface area contributed by atoms with Crippen molar-refractivity contribution < 1.29 is 13.2 Å². The smallest absolute Gasteiger partial charge is 0.153 e. The Hall–Kier alpha value is -0.420. The Balaban J connectivity index is 4.14. The fourth-order valence-corrected chi connectivity index (χ4v) is 1.50. The monoisotopic (exact) mass is 207 g/mol. The van der Waals surface area contributed by atoms with Crippen LogP contribution in [0.5, 0.6) is 0 Å². The first kappa shape index (κ1) is 12.6. The van der Waals surface area contributed by atoms with Gasteiger partial charge in [-0.3, -0.25) is 4.79 Å². The van der Waals surface area contributed by atoms with E-state index in [-0.39, 0.29) is 23.7 Å². The normalized spacial score (nSPS) is 12.9. The molecule has 0 bridgehead atoms. The Bertz CT molecular complexity index is 274. The number of nitrogens with two attached hydrogens (primary N) is 1. The maximum Gasteiger partial charge on any atom is 0.153 e. The highest BCUT2D eigenvalue weighted by Crippen LogP contribution is 2.04. The van der Waals surface area contributed by atoms with E-state index in [2.05, 4.69) is 0 Å². The molecule has 0 aromatic carbocycles. The lowest BCUT2D eigenvalue weighted by Crippen LogP contribution is -2.42. The van der Waals surface area contributed by atoms with Crippen LogP contribution >= 0.6 is 0 Å². The van der Waals surface area contributed by atoms with Gasteiger partial charge in [-0.1, -0.05) is 6.92 Å². The Kier molecular flexibility index (Phi) is 4.06. The van der Waals surface area contributed by atoms with E-state index in [1.807, 2.05) is 0 Å². The Morgan fingerprint density at radius 1 is 1.38 bits per heavy atom. The molecule has 0 aromatic heterocycles. The number of carbonyl (C=O) groups excluding carboxylic acids is 1. The van der Waals surface area contributed by atoms with Crippen molar-refractivity contribution in [2.75, 3.05) is 11.5 Å². The summed E-state index contributed by atoms with van der Waals surface area (Å²) in [6, 6.07) is 0. The van der Waals surface area contributed by atoms with Crippen LogP contribution in [0, 0.1) is 0 Å². The lowest BCUT2D eigenvalue weighted by atomic mass is 9.99. The van der Waals surface area contributed by atoms with Crippen molar-refractivity contribution in [2.24, 2.45) is 5.73 Å². The average Bonchev–Trinajstić information content (AvgIpc) is 1.98. The maximum absolute atomic E-state index is 11.2. The van der Waals surface area contributed by atoms with Crippen LogP contribution in [-0.2, 0) is 14.6 Å². The standard InChI is InChI=1S/C8H17NO3S/c1-4-13(11,12)6-5-7(10)8(2,3)9/h4-6,9H2,1-3H3. The summed E-state index contributed by atoms with van der Waals surface area (Å²) in [4.78, 5) is 11.2. The zero-order valence-corrected chi connectivity index (χ0v) is 9.15. The number of ketones is 1. The van der Waals surface area contributed by atoms with Crippen LogP contribution in [-0.4, -0.2) is 31.2 Å². The van der Waals surface area contributed by atoms with E-state index in [0.717, 1.165) is 0 Å². The highest BCUT2D eigenvalue weighted by molar-refractivity contribution is 7.91. The van der Waals surface area contributed by atoms with Crippen molar-refractivity contribution >= 4 is 15.6 Å². The van der Waals surface area contributed by atoms with Crippen molar-refractivity contribution in [3.63, 3.8) is 0 Å². The predicted octanol–water partition coefficient (Wildman–Crippen LogP) is 0.118. The van der Waals surface area contributed by atoms with Gasteiger partial charge in [-0.05, 0) is 13.8 Å². The lowest BCUT2D eigenvalue weighted by molar-refractivity contribution is -0.122. The molecule has 0 radical (unpaired) electrons. The minimum absolute atomic E-state index is 0.0136. The molecule has 0 unspecified atom stereocenters. The molecule has 0 aromatic rings. The molecule has 0 saturated heterocycles. The Morgan fingerprint density at radius 3 is 2.15 bits per heavy atom. The van der Waals surface area contributed by atoms with E-state index in [9.17, 15) is 13.2 Å². The molecule has 5 heteroatoms. The van der Waals surface area contributed by atoms with Crippen LogP contribution in [0.1, 0.15) is 27.2 Å². The van der Waals surface area contributed by atoms with E-state index in [0.29, 0.717) is 0 Å². The summed E-state index contributed by atoms with van der Waals surface area (Å²) in [7, 11) is -3.05. The minimum atomic E-state index is -3.05. The molecule has 2 N–H and O–H groups in total. The topological polar surface area (TPSA) is 77.2 Å². The predicted molar refractivity (Wildman–Crippen MR) is 52.2 cm³/mol. The molecule has 0 aliphatic heterocycles. The molecule has 4 nitrogen and oxygen atoms in total. The third-order valence-electron chi connectivity index (χ3n) is 1.80. The Labute approximate surface area is 79.4 Å². The number of carbonyl (C=O) groups is 1. The van der Waals surface area contributed by atoms with E-state index in [4.69, 9.17) is 5.73 Å². The zero-order valence-electron chi connectivity index (χ0n) is 8.33. The molecular weight excluding hydrogens is 190 g/mol. The average molecular weight is 207 g/mol. The van der Waals surface area contributed by atoms with Crippen LogP contribution < -0.4 is 5.73 Å². The van der Waals surface area contributed by atoms with Gasteiger partial charge in [0, 0.05) is 12.2 Å². The third kappa shape index (κ3) is 5.00. The molecular formula is C8H17NO3S. The van der Waals surface area contributed by atoms with Crippen molar-refractivity contribution in [3.8, 4) is 0 Å². The fourth-order valence-electron chi connectivity index (χ4n) is 0.715. The summed E-state index contributed by atoms with van der Waals surface area (Å²) in [5.74, 6) is -0.238. The second-order valence-electron chi connectivity index (χ2n) is 3.63. The maximum atomic E-state index is 11.2. The van der Waals surface area contributed by atoms with Gasteiger partial charge in [0.05, 0.1) is 11.3 Å². The largest absolute Gasteiger partial charge is 0.319 e.